The Bertz CT molecular complexity index is 2210. The average molecular weight is 706 g/mol. The molecule has 1 saturated carbocycles. The molecule has 2 aromatic carbocycles. The van der Waals surface area contributed by atoms with E-state index in [1.54, 1.807) is 57.5 Å². The Balaban J connectivity index is 1.36. The number of amides is 1. The second-order valence-corrected chi connectivity index (χ2v) is 13.2. The van der Waals surface area contributed by atoms with Crippen molar-refractivity contribution in [3.63, 3.8) is 0 Å². The first-order chi connectivity index (χ1) is 23.5. The summed E-state index contributed by atoms with van der Waals surface area (Å²) in [5, 5.41) is 3.15. The summed E-state index contributed by atoms with van der Waals surface area (Å²) < 4.78 is 56.2. The molecule has 0 bridgehead atoms. The highest BCUT2D eigenvalue weighted by atomic mass is 35.5. The molecule has 1 unspecified atom stereocenters. The Morgan fingerprint density at radius 2 is 1.86 bits per heavy atom. The zero-order valence-electron chi connectivity index (χ0n) is 27.5. The number of aryl methyl sites for hydroxylation is 2. The van der Waals surface area contributed by atoms with Gasteiger partial charge in [-0.2, -0.15) is 0 Å². The maximum absolute atomic E-state index is 15.6. The fourth-order valence-electron chi connectivity index (χ4n) is 5.51. The number of carbonyl (C=O) groups is 2. The van der Waals surface area contributed by atoms with Crippen molar-refractivity contribution in [3.05, 3.63) is 83.2 Å². The van der Waals surface area contributed by atoms with Crippen molar-refractivity contribution in [2.45, 2.75) is 45.6 Å². The van der Waals surface area contributed by atoms with Crippen LogP contribution in [0.5, 0.6) is 11.8 Å². The standard InChI is InChI=1S/C35H31ClF3N7O4/c1-17-10-11-41-33(44-17)49-25-9-6-18(12-24(25)37)27-28-30(40)42-16-43-31(28)46(5)29(27)20-8-7-19(13-23(20)36)45-32(48)21(22-15-35(22,38)39)14-26(47)50-34(2,3)4/h6-14,16,22H,15H2,1-5H3,(H,45,48)(H2,40,42,43). The predicted octanol–water partition coefficient (Wildman–Crippen LogP) is 7.43. The second-order valence-electron chi connectivity index (χ2n) is 12.8. The molecule has 5 aromatic rings. The van der Waals surface area contributed by atoms with E-state index < -0.39 is 47.1 Å². The number of hydrogen-bond acceptors (Lipinski definition) is 9. The number of anilines is 2. The first-order valence-corrected chi connectivity index (χ1v) is 15.7. The Hall–Kier alpha value is -5.50. The lowest BCUT2D eigenvalue weighted by atomic mass is 9.98. The molecule has 1 amide bonds. The SMILES string of the molecule is Cc1ccnc(Oc2ccc(-c3c(-c4ccc(NC(=O)C(=CC(=O)OC(C)(C)C)C5CC5(F)F)cc4Cl)n(C)c4ncnc(N)c34)cc2F)n1. The molecule has 1 aliphatic rings. The minimum absolute atomic E-state index is 0.0163. The average Bonchev–Trinajstić information content (AvgIpc) is 3.55. The van der Waals surface area contributed by atoms with Crippen LogP contribution in [0.15, 0.2) is 66.6 Å². The van der Waals surface area contributed by atoms with Crippen molar-refractivity contribution >= 4 is 46.0 Å². The number of rotatable bonds is 8. The number of nitrogens with zero attached hydrogens (tertiary/aromatic N) is 5. The molecule has 15 heteroatoms. The van der Waals surface area contributed by atoms with Crippen LogP contribution in [0.4, 0.5) is 24.7 Å². The smallest absolute Gasteiger partial charge is 0.331 e. The quantitative estimate of drug-likeness (QED) is 0.124. The highest BCUT2D eigenvalue weighted by molar-refractivity contribution is 6.34. The zero-order chi connectivity index (χ0) is 36.1. The third kappa shape index (κ3) is 6.97. The molecule has 11 nitrogen and oxygen atoms in total. The van der Waals surface area contributed by atoms with Crippen molar-refractivity contribution < 1.29 is 32.2 Å². The number of ether oxygens (including phenoxy) is 2. The largest absolute Gasteiger partial charge is 0.457 e. The van der Waals surface area contributed by atoms with Gasteiger partial charge in [-0.3, -0.25) is 4.79 Å². The third-order valence-corrected chi connectivity index (χ3v) is 8.13. The van der Waals surface area contributed by atoms with Crippen molar-refractivity contribution in [2.75, 3.05) is 11.1 Å². The summed E-state index contributed by atoms with van der Waals surface area (Å²) in [6, 6.07) is 10.6. The maximum Gasteiger partial charge on any atom is 0.331 e. The van der Waals surface area contributed by atoms with Gasteiger partial charge in [-0.1, -0.05) is 17.7 Å². The monoisotopic (exact) mass is 705 g/mol. The Morgan fingerprint density at radius 1 is 1.12 bits per heavy atom. The molecule has 3 N–H and O–H groups in total. The third-order valence-electron chi connectivity index (χ3n) is 7.82. The second kappa shape index (κ2) is 12.8. The van der Waals surface area contributed by atoms with Gasteiger partial charge >= 0.3 is 12.0 Å². The highest BCUT2D eigenvalue weighted by Gasteiger charge is 2.60. The van der Waals surface area contributed by atoms with E-state index in [0.717, 1.165) is 6.08 Å². The normalized spacial score (nSPS) is 15.5. The summed E-state index contributed by atoms with van der Waals surface area (Å²) >= 11 is 6.81. The Kier molecular flexibility index (Phi) is 8.76. The van der Waals surface area contributed by atoms with Gasteiger partial charge < -0.3 is 25.1 Å². The number of fused-ring (bicyclic) bond motifs is 1. The van der Waals surface area contributed by atoms with Crippen molar-refractivity contribution in [2.24, 2.45) is 13.0 Å². The summed E-state index contributed by atoms with van der Waals surface area (Å²) in [6.45, 7) is 6.62. The molecular weight excluding hydrogens is 675 g/mol. The van der Waals surface area contributed by atoms with Crippen LogP contribution >= 0.6 is 11.6 Å². The van der Waals surface area contributed by atoms with Crippen LogP contribution in [0.2, 0.25) is 5.02 Å². The van der Waals surface area contributed by atoms with Gasteiger partial charge in [0.05, 0.1) is 22.0 Å². The number of nitrogens with two attached hydrogens (primary N) is 1. The van der Waals surface area contributed by atoms with Crippen LogP contribution in [-0.2, 0) is 21.4 Å². The van der Waals surface area contributed by atoms with E-state index in [1.807, 2.05) is 0 Å². The van der Waals surface area contributed by atoms with Gasteiger partial charge in [0.25, 0.3) is 11.8 Å². The van der Waals surface area contributed by atoms with E-state index in [-0.39, 0.29) is 28.3 Å². The van der Waals surface area contributed by atoms with Gasteiger partial charge in [0.2, 0.25) is 0 Å². The van der Waals surface area contributed by atoms with Crippen molar-refractivity contribution in [3.8, 4) is 34.1 Å². The minimum atomic E-state index is -3.12. The lowest BCUT2D eigenvalue weighted by Gasteiger charge is -2.18. The fourth-order valence-corrected chi connectivity index (χ4v) is 5.78. The van der Waals surface area contributed by atoms with Crippen LogP contribution in [0.25, 0.3) is 33.4 Å². The summed E-state index contributed by atoms with van der Waals surface area (Å²) in [5.74, 6) is -7.04. The number of carbonyl (C=O) groups excluding carboxylic acids is 2. The number of benzene rings is 2. The summed E-state index contributed by atoms with van der Waals surface area (Å²) in [5.41, 5.74) is 8.11. The summed E-state index contributed by atoms with van der Waals surface area (Å²) in [6.07, 6.45) is 3.04. The molecule has 3 aromatic heterocycles. The van der Waals surface area contributed by atoms with E-state index in [2.05, 4.69) is 25.3 Å². The molecular formula is C35H31ClF3N7O4. The zero-order valence-corrected chi connectivity index (χ0v) is 28.3. The van der Waals surface area contributed by atoms with Gasteiger partial charge in [-0.25, -0.2) is 37.9 Å². The number of halogens is 4. The van der Waals surface area contributed by atoms with E-state index in [1.165, 1.54) is 36.8 Å². The number of alkyl halides is 2. The summed E-state index contributed by atoms with van der Waals surface area (Å²) in [7, 11) is 1.73. The van der Waals surface area contributed by atoms with Crippen LogP contribution in [0, 0.1) is 18.7 Å². The molecule has 0 aliphatic heterocycles. The fraction of sp³-hybridized carbons (Fsp3) is 0.257. The first-order valence-electron chi connectivity index (χ1n) is 15.3. The Morgan fingerprint density at radius 3 is 2.50 bits per heavy atom. The first kappa shape index (κ1) is 34.4. The van der Waals surface area contributed by atoms with Crippen LogP contribution in [0.1, 0.15) is 32.9 Å². The van der Waals surface area contributed by atoms with E-state index >= 15 is 4.39 Å². The molecule has 3 heterocycles. The van der Waals surface area contributed by atoms with Gasteiger partial charge in [-0.05, 0) is 69.7 Å². The molecule has 1 aliphatic carbocycles. The molecule has 0 spiro atoms. The number of nitrogen functional groups attached to an aromatic ring is 1. The molecule has 0 radical (unpaired) electrons. The molecule has 6 rings (SSSR count). The maximum atomic E-state index is 15.6. The van der Waals surface area contributed by atoms with Crippen molar-refractivity contribution in [1.29, 1.82) is 0 Å². The highest BCUT2D eigenvalue weighted by Crippen LogP contribution is 2.53. The van der Waals surface area contributed by atoms with Gasteiger partial charge in [0.1, 0.15) is 23.4 Å². The minimum Gasteiger partial charge on any atom is -0.457 e. The van der Waals surface area contributed by atoms with Gasteiger partial charge in [0.15, 0.2) is 11.6 Å². The van der Waals surface area contributed by atoms with Crippen LogP contribution < -0.4 is 15.8 Å². The predicted molar refractivity (Wildman–Crippen MR) is 181 cm³/mol. The lowest BCUT2D eigenvalue weighted by molar-refractivity contribution is -0.148. The van der Waals surface area contributed by atoms with Gasteiger partial charge in [-0.15, -0.1) is 0 Å². The van der Waals surface area contributed by atoms with E-state index in [9.17, 15) is 18.4 Å². The molecule has 258 valence electrons. The number of hydrogen-bond donors (Lipinski definition) is 2. The molecule has 1 atom stereocenters. The van der Waals surface area contributed by atoms with Gasteiger partial charge in [0, 0.05) is 53.8 Å². The molecule has 0 saturated heterocycles. The lowest BCUT2D eigenvalue weighted by Crippen LogP contribution is -2.25. The number of nitrogens with one attached hydrogen (secondary N) is 1. The van der Waals surface area contributed by atoms with E-state index in [4.69, 9.17) is 26.8 Å². The van der Waals surface area contributed by atoms with Crippen LogP contribution in [-0.4, -0.2) is 47.9 Å². The Labute approximate surface area is 289 Å². The number of esters is 1. The summed E-state index contributed by atoms with van der Waals surface area (Å²) in [4.78, 5) is 42.4. The molecule has 1 fully saturated rings. The van der Waals surface area contributed by atoms with Crippen LogP contribution in [0.3, 0.4) is 0 Å². The topological polar surface area (TPSA) is 147 Å². The van der Waals surface area contributed by atoms with Crippen molar-refractivity contribution in [1.82, 2.24) is 24.5 Å². The number of aromatic nitrogens is 5. The molecule has 50 heavy (non-hydrogen) atoms. The van der Waals surface area contributed by atoms with E-state index in [0.29, 0.717) is 39.1 Å².